The molecule has 0 bridgehead atoms. The zero-order chi connectivity index (χ0) is 56.4. The van der Waals surface area contributed by atoms with Crippen LogP contribution in [0.5, 0.6) is 0 Å². The zero-order valence-electron chi connectivity index (χ0n) is 47.6. The third kappa shape index (κ3) is 20.0. The molecule has 0 aromatic carbocycles. The Morgan fingerprint density at radius 3 is 1.44 bits per heavy atom. The average molecular weight is 1070 g/mol. The molecule has 0 aromatic rings. The molecule has 0 radical (unpaired) electrons. The summed E-state index contributed by atoms with van der Waals surface area (Å²) in [5.74, 6) is -5.61. The molecule has 1 N–H and O–H groups in total. The van der Waals surface area contributed by atoms with Crippen LogP contribution >= 0.6 is 0 Å². The molecule has 18 atom stereocenters. The van der Waals surface area contributed by atoms with E-state index >= 15 is 0 Å². The van der Waals surface area contributed by atoms with Gasteiger partial charge in [0, 0.05) is 83.7 Å². The summed E-state index contributed by atoms with van der Waals surface area (Å²) in [6.07, 6.45) is -5.90. The summed E-state index contributed by atoms with van der Waals surface area (Å²) >= 11 is 0. The molecular formula is C55H91NO19. The fourth-order valence-corrected chi connectivity index (χ4v) is 10.0. The van der Waals surface area contributed by atoms with E-state index in [2.05, 4.69) is 12.2 Å². The maximum absolute atomic E-state index is 13.4. The Bertz CT molecular complexity index is 1870. The molecule has 1 amide bonds. The monoisotopic (exact) mass is 1070 g/mol. The van der Waals surface area contributed by atoms with Gasteiger partial charge in [0.25, 0.3) is 0 Å². The van der Waals surface area contributed by atoms with Crippen molar-refractivity contribution in [2.24, 2.45) is 53.3 Å². The Labute approximate surface area is 445 Å². The summed E-state index contributed by atoms with van der Waals surface area (Å²) in [5.41, 5.74) is 0. The van der Waals surface area contributed by atoms with Gasteiger partial charge in [-0.2, -0.15) is 0 Å². The van der Waals surface area contributed by atoms with Crippen LogP contribution in [0.25, 0.3) is 0 Å². The first-order valence-electron chi connectivity index (χ1n) is 27.2. The van der Waals surface area contributed by atoms with Crippen LogP contribution in [-0.2, 0) is 90.5 Å². The number of ketones is 2. The molecule has 3 aliphatic heterocycles. The molecule has 75 heavy (non-hydrogen) atoms. The molecule has 20 nitrogen and oxygen atoms in total. The number of ether oxygens (including phenoxy) is 11. The van der Waals surface area contributed by atoms with Gasteiger partial charge in [0.05, 0.1) is 24.4 Å². The van der Waals surface area contributed by atoms with Gasteiger partial charge in [-0.25, -0.2) is 0 Å². The quantitative estimate of drug-likeness (QED) is 0.0469. The van der Waals surface area contributed by atoms with E-state index in [9.17, 15) is 38.4 Å². The van der Waals surface area contributed by atoms with Gasteiger partial charge in [0.15, 0.2) is 36.9 Å². The summed E-state index contributed by atoms with van der Waals surface area (Å²) in [5, 5.41) is 2.91. The summed E-state index contributed by atoms with van der Waals surface area (Å²) < 4.78 is 67.1. The van der Waals surface area contributed by atoms with Crippen LogP contribution in [-0.4, -0.2) is 141 Å². The van der Waals surface area contributed by atoms with E-state index in [1.807, 2.05) is 48.5 Å². The van der Waals surface area contributed by atoms with Crippen LogP contribution in [0, 0.1) is 53.3 Å². The van der Waals surface area contributed by atoms with Crippen molar-refractivity contribution in [1.82, 2.24) is 5.32 Å². The van der Waals surface area contributed by atoms with Crippen molar-refractivity contribution >= 4 is 47.3 Å². The Hall–Kier alpha value is -4.08. The van der Waals surface area contributed by atoms with E-state index in [-0.39, 0.29) is 85.8 Å². The molecule has 0 aliphatic carbocycles. The topological polar surface area (TPSA) is 250 Å². The fourth-order valence-electron chi connectivity index (χ4n) is 10.0. The minimum Gasteiger partial charge on any atom is -0.463 e. The fraction of sp³-hybridized carbons (Fsp3) is 0.855. The van der Waals surface area contributed by atoms with Crippen LogP contribution < -0.4 is 5.32 Å². The number of esters is 5. The highest BCUT2D eigenvalue weighted by Crippen LogP contribution is 2.41. The van der Waals surface area contributed by atoms with Crippen molar-refractivity contribution in [2.45, 2.75) is 223 Å². The highest BCUT2D eigenvalue weighted by molar-refractivity contribution is 5.92. The third-order valence-corrected chi connectivity index (χ3v) is 15.1. The largest absolute Gasteiger partial charge is 0.463 e. The van der Waals surface area contributed by atoms with Crippen molar-refractivity contribution in [2.75, 3.05) is 26.4 Å². The van der Waals surface area contributed by atoms with Gasteiger partial charge >= 0.3 is 29.8 Å². The number of carbonyl (C=O) groups excluding carboxylic acids is 8. The van der Waals surface area contributed by atoms with E-state index in [0.717, 1.165) is 19.3 Å². The van der Waals surface area contributed by atoms with Gasteiger partial charge in [-0.3, -0.25) is 38.4 Å². The van der Waals surface area contributed by atoms with Gasteiger partial charge in [-0.05, 0) is 36.5 Å². The van der Waals surface area contributed by atoms with E-state index in [1.165, 1.54) is 34.6 Å². The second-order valence-corrected chi connectivity index (χ2v) is 21.7. The minimum absolute atomic E-state index is 0.00399. The van der Waals surface area contributed by atoms with Crippen molar-refractivity contribution < 1.29 is 90.5 Å². The molecule has 430 valence electrons. The molecule has 0 saturated carbocycles. The van der Waals surface area contributed by atoms with Crippen LogP contribution in [0.1, 0.15) is 156 Å². The summed E-state index contributed by atoms with van der Waals surface area (Å²) in [4.78, 5) is 101. The Morgan fingerprint density at radius 1 is 0.493 bits per heavy atom. The number of Topliss-reactive ketones (excluding diaryl/α,β-unsaturated/α-hetero) is 2. The lowest BCUT2D eigenvalue weighted by molar-refractivity contribution is -0.364. The Morgan fingerprint density at radius 2 is 0.960 bits per heavy atom. The minimum atomic E-state index is -1.34. The average Bonchev–Trinajstić information content (AvgIpc) is 3.33. The van der Waals surface area contributed by atoms with Crippen LogP contribution in [0.4, 0.5) is 0 Å². The lowest BCUT2D eigenvalue weighted by Gasteiger charge is -2.50. The number of unbranched alkanes of at least 4 members (excludes halogenated alkanes) is 3. The summed E-state index contributed by atoms with van der Waals surface area (Å²) in [7, 11) is 0. The summed E-state index contributed by atoms with van der Waals surface area (Å²) in [6.45, 7) is 26.8. The number of nitrogens with one attached hydrogen (secondary N) is 1. The first-order valence-corrected chi connectivity index (χ1v) is 27.2. The SMILES string of the molecule is CCC(=O)[C@@H](NC(=O)[C@@H](CC(=O)[C@@H](C)CCCCCCO[C@@H]1OC(COC(C)=O)[C@@H](O[C@@H]2OC(COC(C)=O)[C@H](O[C@H]3OC(COC(C)=O)[C@H](C)[C@H](C)C3C)C(C)[C@@H]2OC(C)=O)C(C)[C@@H]1OC(C)=O)C(C)C)C(C)C. The maximum atomic E-state index is 13.4. The molecule has 0 aromatic heterocycles. The van der Waals surface area contributed by atoms with E-state index in [0.29, 0.717) is 19.3 Å². The third-order valence-electron chi connectivity index (χ3n) is 15.1. The first-order chi connectivity index (χ1) is 35.2. The molecule has 3 saturated heterocycles. The number of hydrogen-bond donors (Lipinski definition) is 1. The second-order valence-electron chi connectivity index (χ2n) is 21.7. The number of hydrogen-bond acceptors (Lipinski definition) is 19. The Kier molecular flexibility index (Phi) is 27.3. The molecule has 3 aliphatic rings. The van der Waals surface area contributed by atoms with Crippen molar-refractivity contribution in [3.8, 4) is 0 Å². The molecule has 20 heteroatoms. The van der Waals surface area contributed by atoms with Crippen molar-refractivity contribution in [3.63, 3.8) is 0 Å². The van der Waals surface area contributed by atoms with Gasteiger partial charge in [-0.15, -0.1) is 0 Å². The highest BCUT2D eigenvalue weighted by atomic mass is 16.8. The number of amides is 1. The number of carbonyl (C=O) groups is 8. The standard InChI is InChI=1S/C55H91NO19/c1-17-42(62)47(29(4)5)56-52(64)41(28(2)3)24-43(63)30(6)22-20-18-19-21-23-65-54-50(69-39(15)60)34(10)49(45(72-54)26-67-37(13)58)75-55-51(70-40(16)61)35(11)48(46(73-55)27-68-38(14)59)74-53-33(9)31(7)32(8)44(71-53)25-66-36(12)57/h28-35,41,44-51,53-55H,17-27H2,1-16H3,(H,56,64)/t30-,31-,32+,33?,34?,35?,41-,44?,45?,46?,47-,48+,49-,50-,51-,53+,54+,55-/m0/s1. The molecule has 6 unspecified atom stereocenters. The van der Waals surface area contributed by atoms with Gasteiger partial charge < -0.3 is 57.4 Å². The van der Waals surface area contributed by atoms with Gasteiger partial charge in [-0.1, -0.05) is 95.4 Å². The predicted molar refractivity (Wildman–Crippen MR) is 271 cm³/mol. The lowest BCUT2D eigenvalue weighted by Crippen LogP contribution is -2.63. The smallest absolute Gasteiger partial charge is 0.303 e. The lowest BCUT2D eigenvalue weighted by atomic mass is 9.79. The van der Waals surface area contributed by atoms with E-state index in [4.69, 9.17) is 52.1 Å². The van der Waals surface area contributed by atoms with Gasteiger partial charge in [0.1, 0.15) is 37.8 Å². The second kappa shape index (κ2) is 31.4. The first kappa shape index (κ1) is 65.2. The molecule has 3 fully saturated rings. The number of rotatable bonds is 29. The molecule has 0 spiro atoms. The normalized spacial score (nSPS) is 31.1. The molecule has 3 heterocycles. The van der Waals surface area contributed by atoms with Crippen LogP contribution in [0.15, 0.2) is 0 Å². The highest BCUT2D eigenvalue weighted by Gasteiger charge is 2.54. The van der Waals surface area contributed by atoms with E-state index < -0.39 is 115 Å². The van der Waals surface area contributed by atoms with E-state index in [1.54, 1.807) is 20.8 Å². The predicted octanol–water partition coefficient (Wildman–Crippen LogP) is 6.62. The van der Waals surface area contributed by atoms with Crippen molar-refractivity contribution in [3.05, 3.63) is 0 Å². The summed E-state index contributed by atoms with van der Waals surface area (Å²) in [6, 6.07) is -0.591. The van der Waals surface area contributed by atoms with Crippen LogP contribution in [0.3, 0.4) is 0 Å². The Balaban J connectivity index is 1.75. The zero-order valence-corrected chi connectivity index (χ0v) is 47.6. The molecule has 3 rings (SSSR count). The van der Waals surface area contributed by atoms with Gasteiger partial charge in [0.2, 0.25) is 5.91 Å². The van der Waals surface area contributed by atoms with Crippen molar-refractivity contribution in [1.29, 1.82) is 0 Å². The maximum Gasteiger partial charge on any atom is 0.303 e. The molecular weight excluding hydrogens is 979 g/mol. The van der Waals surface area contributed by atoms with Crippen LogP contribution in [0.2, 0.25) is 0 Å².